The van der Waals surface area contributed by atoms with Gasteiger partial charge in [-0.2, -0.15) is 0 Å². The van der Waals surface area contributed by atoms with Crippen LogP contribution in [-0.4, -0.2) is 17.3 Å². The van der Waals surface area contributed by atoms with E-state index >= 15 is 0 Å². The maximum absolute atomic E-state index is 11.3. The van der Waals surface area contributed by atoms with Crippen molar-refractivity contribution < 1.29 is 4.79 Å². The van der Waals surface area contributed by atoms with Crippen LogP contribution in [0, 0.1) is 0 Å². The molecular weight excluding hydrogens is 210 g/mol. The van der Waals surface area contributed by atoms with Gasteiger partial charge >= 0.3 is 0 Å². The molecule has 0 fully saturated rings. The molecule has 0 aromatic carbocycles. The van der Waals surface area contributed by atoms with Crippen LogP contribution in [0.4, 0.5) is 0 Å². The summed E-state index contributed by atoms with van der Waals surface area (Å²) in [6.07, 6.45) is 6.74. The van der Waals surface area contributed by atoms with Gasteiger partial charge in [0.15, 0.2) is 0 Å². The van der Waals surface area contributed by atoms with E-state index in [4.69, 9.17) is 11.6 Å². The SMILES string of the molecule is CCCCC(C)(CCCC)NC(=O)CCl. The number of rotatable bonds is 8. The van der Waals surface area contributed by atoms with Crippen LogP contribution in [0.2, 0.25) is 0 Å². The maximum Gasteiger partial charge on any atom is 0.235 e. The van der Waals surface area contributed by atoms with Crippen LogP contribution >= 0.6 is 11.6 Å². The number of hydrogen-bond donors (Lipinski definition) is 1. The Kier molecular flexibility index (Phi) is 7.85. The number of halogens is 1. The summed E-state index contributed by atoms with van der Waals surface area (Å²) in [6, 6.07) is 0. The van der Waals surface area contributed by atoms with Gasteiger partial charge in [0.2, 0.25) is 5.91 Å². The van der Waals surface area contributed by atoms with Gasteiger partial charge < -0.3 is 5.32 Å². The summed E-state index contributed by atoms with van der Waals surface area (Å²) < 4.78 is 0. The van der Waals surface area contributed by atoms with Gasteiger partial charge in [0.25, 0.3) is 0 Å². The number of hydrogen-bond acceptors (Lipinski definition) is 1. The second-order valence-corrected chi connectivity index (χ2v) is 4.72. The molecule has 0 radical (unpaired) electrons. The average molecular weight is 234 g/mol. The smallest absolute Gasteiger partial charge is 0.235 e. The molecule has 90 valence electrons. The highest BCUT2D eigenvalue weighted by molar-refractivity contribution is 6.27. The molecule has 0 aliphatic carbocycles. The number of unbranched alkanes of at least 4 members (excludes halogenated alkanes) is 2. The summed E-state index contributed by atoms with van der Waals surface area (Å²) >= 11 is 5.51. The number of amides is 1. The Morgan fingerprint density at radius 2 is 1.67 bits per heavy atom. The second kappa shape index (κ2) is 7.98. The molecule has 0 spiro atoms. The monoisotopic (exact) mass is 233 g/mol. The van der Waals surface area contributed by atoms with E-state index in [2.05, 4.69) is 26.1 Å². The first kappa shape index (κ1) is 14.8. The summed E-state index contributed by atoms with van der Waals surface area (Å²) in [7, 11) is 0. The Morgan fingerprint density at radius 1 is 1.20 bits per heavy atom. The van der Waals surface area contributed by atoms with Crippen LogP contribution in [-0.2, 0) is 4.79 Å². The van der Waals surface area contributed by atoms with E-state index in [0.29, 0.717) is 0 Å². The highest BCUT2D eigenvalue weighted by Gasteiger charge is 2.24. The van der Waals surface area contributed by atoms with Crippen LogP contribution in [0.5, 0.6) is 0 Å². The van der Waals surface area contributed by atoms with E-state index < -0.39 is 0 Å². The van der Waals surface area contributed by atoms with Gasteiger partial charge in [-0.25, -0.2) is 0 Å². The molecule has 15 heavy (non-hydrogen) atoms. The second-order valence-electron chi connectivity index (χ2n) is 4.45. The van der Waals surface area contributed by atoms with Crippen molar-refractivity contribution >= 4 is 17.5 Å². The summed E-state index contributed by atoms with van der Waals surface area (Å²) in [4.78, 5) is 11.3. The fourth-order valence-electron chi connectivity index (χ4n) is 1.75. The van der Waals surface area contributed by atoms with Crippen molar-refractivity contribution in [2.75, 3.05) is 5.88 Å². The molecule has 0 aromatic rings. The van der Waals surface area contributed by atoms with E-state index in [1.54, 1.807) is 0 Å². The van der Waals surface area contributed by atoms with Crippen molar-refractivity contribution in [2.24, 2.45) is 0 Å². The van der Waals surface area contributed by atoms with Crippen molar-refractivity contribution in [3.63, 3.8) is 0 Å². The fraction of sp³-hybridized carbons (Fsp3) is 0.917. The predicted molar refractivity (Wildman–Crippen MR) is 66.3 cm³/mol. The Morgan fingerprint density at radius 3 is 2.00 bits per heavy atom. The molecule has 0 unspecified atom stereocenters. The number of carbonyl (C=O) groups is 1. The van der Waals surface area contributed by atoms with Crippen molar-refractivity contribution in [1.29, 1.82) is 0 Å². The molecule has 0 rings (SSSR count). The quantitative estimate of drug-likeness (QED) is 0.639. The molecule has 0 aliphatic rings. The summed E-state index contributed by atoms with van der Waals surface area (Å²) in [5, 5.41) is 3.04. The molecular formula is C12H24ClNO. The normalized spacial score (nSPS) is 11.5. The van der Waals surface area contributed by atoms with Gasteiger partial charge in [0.1, 0.15) is 5.88 Å². The number of carbonyl (C=O) groups excluding carboxylic acids is 1. The molecule has 1 amide bonds. The molecule has 0 aromatic heterocycles. The molecule has 3 heteroatoms. The van der Waals surface area contributed by atoms with Gasteiger partial charge in [-0.3, -0.25) is 4.79 Å². The summed E-state index contributed by atoms with van der Waals surface area (Å²) in [5.74, 6) is 0.0137. The zero-order chi connectivity index (χ0) is 11.7. The van der Waals surface area contributed by atoms with E-state index in [1.807, 2.05) is 0 Å². The predicted octanol–water partition coefficient (Wildman–Crippen LogP) is 3.48. The van der Waals surface area contributed by atoms with Gasteiger partial charge in [0, 0.05) is 5.54 Å². The van der Waals surface area contributed by atoms with Gasteiger partial charge in [-0.05, 0) is 19.8 Å². The van der Waals surface area contributed by atoms with Crippen molar-refractivity contribution in [1.82, 2.24) is 5.32 Å². The first-order valence-electron chi connectivity index (χ1n) is 5.95. The minimum absolute atomic E-state index is 0.0497. The van der Waals surface area contributed by atoms with Gasteiger partial charge in [0.05, 0.1) is 0 Å². The van der Waals surface area contributed by atoms with Crippen molar-refractivity contribution in [2.45, 2.75) is 64.8 Å². The van der Waals surface area contributed by atoms with Crippen LogP contribution in [0.3, 0.4) is 0 Å². The van der Waals surface area contributed by atoms with Gasteiger partial charge in [-0.1, -0.05) is 39.5 Å². The van der Waals surface area contributed by atoms with Crippen molar-refractivity contribution in [3.8, 4) is 0 Å². The Balaban J connectivity index is 4.18. The lowest BCUT2D eigenvalue weighted by Gasteiger charge is -2.30. The van der Waals surface area contributed by atoms with Crippen LogP contribution in [0.25, 0.3) is 0 Å². The van der Waals surface area contributed by atoms with Crippen molar-refractivity contribution in [3.05, 3.63) is 0 Å². The van der Waals surface area contributed by atoms with Crippen LogP contribution < -0.4 is 5.32 Å². The standard InChI is InChI=1S/C12H24ClNO/c1-4-6-8-12(3,9-7-5-2)14-11(15)10-13/h4-10H2,1-3H3,(H,14,15). The Labute approximate surface area is 98.8 Å². The summed E-state index contributed by atoms with van der Waals surface area (Å²) in [5.41, 5.74) is -0.0575. The minimum atomic E-state index is -0.0575. The zero-order valence-electron chi connectivity index (χ0n) is 10.2. The first-order valence-corrected chi connectivity index (χ1v) is 6.48. The van der Waals surface area contributed by atoms with Crippen LogP contribution in [0.15, 0.2) is 0 Å². The van der Waals surface area contributed by atoms with E-state index in [1.165, 1.54) is 12.8 Å². The minimum Gasteiger partial charge on any atom is -0.350 e. The zero-order valence-corrected chi connectivity index (χ0v) is 11.0. The molecule has 0 heterocycles. The lowest BCUT2D eigenvalue weighted by Crippen LogP contribution is -2.46. The topological polar surface area (TPSA) is 29.1 Å². The lowest BCUT2D eigenvalue weighted by atomic mass is 9.89. The maximum atomic E-state index is 11.3. The van der Waals surface area contributed by atoms with E-state index in [9.17, 15) is 4.79 Å². The lowest BCUT2D eigenvalue weighted by molar-refractivity contribution is -0.120. The van der Waals surface area contributed by atoms with Gasteiger partial charge in [-0.15, -0.1) is 11.6 Å². The largest absolute Gasteiger partial charge is 0.350 e. The molecule has 2 nitrogen and oxygen atoms in total. The fourth-order valence-corrected chi connectivity index (χ4v) is 1.82. The molecule has 0 saturated heterocycles. The Bertz CT molecular complexity index is 174. The summed E-state index contributed by atoms with van der Waals surface area (Å²) in [6.45, 7) is 6.47. The highest BCUT2D eigenvalue weighted by atomic mass is 35.5. The number of nitrogens with one attached hydrogen (secondary N) is 1. The van der Waals surface area contributed by atoms with E-state index in [-0.39, 0.29) is 17.3 Å². The first-order chi connectivity index (χ1) is 7.08. The molecule has 1 N–H and O–H groups in total. The molecule has 0 atom stereocenters. The third kappa shape index (κ3) is 6.77. The molecule has 0 bridgehead atoms. The van der Waals surface area contributed by atoms with E-state index in [0.717, 1.165) is 25.7 Å². The van der Waals surface area contributed by atoms with Crippen LogP contribution in [0.1, 0.15) is 59.3 Å². The Hall–Kier alpha value is -0.240. The molecule has 0 saturated carbocycles. The third-order valence-corrected chi connectivity index (χ3v) is 2.97. The molecule has 0 aliphatic heterocycles. The third-order valence-electron chi connectivity index (χ3n) is 2.73. The number of alkyl halides is 1. The highest BCUT2D eigenvalue weighted by Crippen LogP contribution is 2.21. The average Bonchev–Trinajstić information content (AvgIpc) is 2.23.